The van der Waals surface area contributed by atoms with Crippen LogP contribution in [0.3, 0.4) is 0 Å². The van der Waals surface area contributed by atoms with Crippen LogP contribution in [-0.2, 0) is 7.05 Å². The highest BCUT2D eigenvalue weighted by atomic mass is 15.6. The minimum Gasteiger partial charge on any atom is -0.353 e. The zero-order valence-corrected chi connectivity index (χ0v) is 8.40. The predicted octanol–water partition coefficient (Wildman–Crippen LogP) is 1.12. The highest BCUT2D eigenvalue weighted by Gasteiger charge is 2.05. The van der Waals surface area contributed by atoms with Gasteiger partial charge in [-0.2, -0.15) is 0 Å². The van der Waals surface area contributed by atoms with Crippen molar-refractivity contribution >= 4 is 5.95 Å². The van der Waals surface area contributed by atoms with Crippen molar-refractivity contribution < 1.29 is 0 Å². The largest absolute Gasteiger partial charge is 0.353 e. The smallest absolute Gasteiger partial charge is 0.242 e. The van der Waals surface area contributed by atoms with Crippen LogP contribution >= 0.6 is 0 Å². The van der Waals surface area contributed by atoms with E-state index in [1.807, 2.05) is 7.05 Å². The topological polar surface area (TPSA) is 55.6 Å². The summed E-state index contributed by atoms with van der Waals surface area (Å²) in [4.78, 5) is 0. The summed E-state index contributed by atoms with van der Waals surface area (Å²) in [6, 6.07) is 0. The number of anilines is 1. The number of aromatic nitrogens is 4. The Morgan fingerprint density at radius 1 is 1.57 bits per heavy atom. The van der Waals surface area contributed by atoms with E-state index in [-0.39, 0.29) is 0 Å². The fraction of sp³-hybridized carbons (Fsp3) is 0.667. The third kappa shape index (κ3) is 2.10. The van der Waals surface area contributed by atoms with Crippen LogP contribution in [0.15, 0.2) is 11.6 Å². The third-order valence-corrected chi connectivity index (χ3v) is 2.48. The van der Waals surface area contributed by atoms with Crippen molar-refractivity contribution in [2.24, 2.45) is 7.05 Å². The van der Waals surface area contributed by atoms with Crippen LogP contribution in [0.5, 0.6) is 0 Å². The monoisotopic (exact) mass is 193 g/mol. The van der Waals surface area contributed by atoms with Crippen LogP contribution in [0.1, 0.15) is 25.7 Å². The second-order valence-electron chi connectivity index (χ2n) is 3.56. The van der Waals surface area contributed by atoms with E-state index in [4.69, 9.17) is 0 Å². The molecule has 0 aromatic carbocycles. The van der Waals surface area contributed by atoms with Gasteiger partial charge in [-0.3, -0.25) is 0 Å². The van der Waals surface area contributed by atoms with E-state index in [0.29, 0.717) is 0 Å². The molecule has 5 nitrogen and oxygen atoms in total. The Hall–Kier alpha value is -1.39. The van der Waals surface area contributed by atoms with E-state index in [9.17, 15) is 0 Å². The summed E-state index contributed by atoms with van der Waals surface area (Å²) in [7, 11) is 1.83. The summed E-state index contributed by atoms with van der Waals surface area (Å²) in [5, 5.41) is 14.4. The maximum atomic E-state index is 3.85. The molecule has 0 aliphatic heterocycles. The number of hydrogen-bond donors (Lipinski definition) is 1. The lowest BCUT2D eigenvalue weighted by molar-refractivity contribution is 0.711. The number of allylic oxidation sites excluding steroid dienone is 1. The summed E-state index contributed by atoms with van der Waals surface area (Å²) < 4.78 is 1.64. The first-order chi connectivity index (χ1) is 6.86. The van der Waals surface area contributed by atoms with Gasteiger partial charge in [-0.05, 0) is 36.1 Å². The van der Waals surface area contributed by atoms with Crippen LogP contribution in [0.25, 0.3) is 0 Å². The van der Waals surface area contributed by atoms with Gasteiger partial charge in [-0.1, -0.05) is 16.7 Å². The van der Waals surface area contributed by atoms with E-state index in [2.05, 4.69) is 26.9 Å². The van der Waals surface area contributed by atoms with Crippen molar-refractivity contribution in [1.82, 2.24) is 20.2 Å². The first kappa shape index (κ1) is 9.18. The number of nitrogens with zero attached hydrogens (tertiary/aromatic N) is 4. The lowest BCUT2D eigenvalue weighted by atomic mass is 10.2. The van der Waals surface area contributed by atoms with Gasteiger partial charge < -0.3 is 5.32 Å². The maximum absolute atomic E-state index is 3.85. The van der Waals surface area contributed by atoms with Crippen molar-refractivity contribution in [2.75, 3.05) is 11.9 Å². The summed E-state index contributed by atoms with van der Waals surface area (Å²) in [5.74, 6) is 0.739. The van der Waals surface area contributed by atoms with E-state index in [1.165, 1.54) is 19.3 Å². The Kier molecular flexibility index (Phi) is 2.76. The van der Waals surface area contributed by atoms with Crippen LogP contribution < -0.4 is 5.32 Å². The molecule has 0 atom stereocenters. The molecule has 0 amide bonds. The second-order valence-corrected chi connectivity index (χ2v) is 3.56. The Morgan fingerprint density at radius 3 is 3.14 bits per heavy atom. The van der Waals surface area contributed by atoms with E-state index in [1.54, 1.807) is 10.3 Å². The molecule has 0 bridgehead atoms. The second kappa shape index (κ2) is 4.21. The van der Waals surface area contributed by atoms with Crippen LogP contribution in [-0.4, -0.2) is 26.8 Å². The molecule has 14 heavy (non-hydrogen) atoms. The predicted molar refractivity (Wildman–Crippen MR) is 53.8 cm³/mol. The molecular formula is C9H15N5. The molecular weight excluding hydrogens is 178 g/mol. The average molecular weight is 193 g/mol. The Labute approximate surface area is 83.2 Å². The first-order valence-corrected chi connectivity index (χ1v) is 5.00. The van der Waals surface area contributed by atoms with Crippen molar-refractivity contribution in [1.29, 1.82) is 0 Å². The highest BCUT2D eigenvalue weighted by Crippen LogP contribution is 2.20. The van der Waals surface area contributed by atoms with Gasteiger partial charge in [0.1, 0.15) is 0 Å². The molecule has 0 unspecified atom stereocenters. The van der Waals surface area contributed by atoms with Crippen LogP contribution in [0.4, 0.5) is 5.95 Å². The van der Waals surface area contributed by atoms with Crippen molar-refractivity contribution in [2.45, 2.75) is 25.7 Å². The third-order valence-electron chi connectivity index (χ3n) is 2.48. The van der Waals surface area contributed by atoms with Crippen molar-refractivity contribution in [3.8, 4) is 0 Å². The lowest BCUT2D eigenvalue weighted by Gasteiger charge is -2.04. The molecule has 0 fully saturated rings. The van der Waals surface area contributed by atoms with Gasteiger partial charge in [-0.15, -0.1) is 0 Å². The molecule has 5 heteroatoms. The minimum atomic E-state index is 0.739. The molecule has 1 aromatic rings. The summed E-state index contributed by atoms with van der Waals surface area (Å²) >= 11 is 0. The molecule has 0 radical (unpaired) electrons. The molecule has 1 aliphatic carbocycles. The normalized spacial score (nSPS) is 15.6. The zero-order chi connectivity index (χ0) is 9.80. The van der Waals surface area contributed by atoms with Gasteiger partial charge >= 0.3 is 0 Å². The number of rotatable bonds is 4. The van der Waals surface area contributed by atoms with Crippen molar-refractivity contribution in [3.63, 3.8) is 0 Å². The van der Waals surface area contributed by atoms with Gasteiger partial charge in [0, 0.05) is 13.6 Å². The fourth-order valence-electron chi connectivity index (χ4n) is 1.68. The van der Waals surface area contributed by atoms with E-state index >= 15 is 0 Å². The number of aryl methyl sites for hydroxylation is 1. The van der Waals surface area contributed by atoms with Gasteiger partial charge in [-0.25, -0.2) is 4.68 Å². The van der Waals surface area contributed by atoms with Gasteiger partial charge in [0.15, 0.2) is 0 Å². The Balaban J connectivity index is 1.75. The van der Waals surface area contributed by atoms with Crippen LogP contribution in [0.2, 0.25) is 0 Å². The molecule has 2 rings (SSSR count). The first-order valence-electron chi connectivity index (χ1n) is 5.00. The van der Waals surface area contributed by atoms with E-state index < -0.39 is 0 Å². The fourth-order valence-corrected chi connectivity index (χ4v) is 1.68. The maximum Gasteiger partial charge on any atom is 0.242 e. The number of tetrazole rings is 1. The van der Waals surface area contributed by atoms with Crippen LogP contribution in [0, 0.1) is 0 Å². The molecule has 1 aliphatic rings. The zero-order valence-electron chi connectivity index (χ0n) is 8.40. The average Bonchev–Trinajstić information content (AvgIpc) is 2.78. The summed E-state index contributed by atoms with van der Waals surface area (Å²) in [6.45, 7) is 0.917. The quantitative estimate of drug-likeness (QED) is 0.728. The molecule has 1 N–H and O–H groups in total. The molecule has 0 saturated heterocycles. The Morgan fingerprint density at radius 2 is 2.50 bits per heavy atom. The number of nitrogens with one attached hydrogen (secondary N) is 1. The van der Waals surface area contributed by atoms with Gasteiger partial charge in [0.2, 0.25) is 5.95 Å². The molecule has 1 aromatic heterocycles. The Bertz CT molecular complexity index is 328. The lowest BCUT2D eigenvalue weighted by Crippen LogP contribution is -2.07. The summed E-state index contributed by atoms with van der Waals surface area (Å²) in [5.41, 5.74) is 1.56. The van der Waals surface area contributed by atoms with Gasteiger partial charge in [0.05, 0.1) is 0 Å². The van der Waals surface area contributed by atoms with E-state index in [0.717, 1.165) is 18.9 Å². The highest BCUT2D eigenvalue weighted by molar-refractivity contribution is 5.21. The minimum absolute atomic E-state index is 0.739. The SMILES string of the molecule is Cn1nnnc1NCCC1=CCCC1. The molecule has 76 valence electrons. The molecule has 0 saturated carbocycles. The van der Waals surface area contributed by atoms with Crippen molar-refractivity contribution in [3.05, 3.63) is 11.6 Å². The number of hydrogen-bond acceptors (Lipinski definition) is 4. The molecule has 0 spiro atoms. The standard InChI is InChI=1S/C9H15N5/c1-14-9(11-12-13-14)10-7-6-8-4-2-3-5-8/h4H,2-3,5-7H2,1H3,(H,10,11,13). The summed E-state index contributed by atoms with van der Waals surface area (Å²) in [6.07, 6.45) is 7.28. The van der Waals surface area contributed by atoms with Gasteiger partial charge in [0.25, 0.3) is 0 Å². The molecule has 1 heterocycles.